The van der Waals surface area contributed by atoms with E-state index >= 15 is 0 Å². The van der Waals surface area contributed by atoms with Crippen molar-refractivity contribution in [1.82, 2.24) is 20.2 Å². The van der Waals surface area contributed by atoms with E-state index in [1.807, 2.05) is 0 Å². The van der Waals surface area contributed by atoms with Crippen LogP contribution in [0.15, 0.2) is 42.5 Å². The SMILES string of the molecule is CN1CCC[C@H]1COc1nc2c(c(N3C[C@H]4CC[C@@H](C3)N4)n1)CCN(c1cccc3ccccc13)C2. The fourth-order valence-electron chi connectivity index (χ4n) is 6.73. The number of aromatic nitrogens is 2. The van der Waals surface area contributed by atoms with Crippen LogP contribution >= 0.6 is 0 Å². The minimum Gasteiger partial charge on any atom is -0.462 e. The van der Waals surface area contributed by atoms with Crippen LogP contribution < -0.4 is 19.9 Å². The zero-order valence-corrected chi connectivity index (χ0v) is 21.2. The Hall–Kier alpha value is -2.90. The molecule has 0 aliphatic carbocycles. The Morgan fingerprint density at radius 3 is 2.61 bits per heavy atom. The molecule has 5 heterocycles. The van der Waals surface area contributed by atoms with E-state index in [0.717, 1.165) is 50.7 Å². The van der Waals surface area contributed by atoms with Crippen molar-refractivity contribution in [3.05, 3.63) is 53.7 Å². The van der Waals surface area contributed by atoms with Gasteiger partial charge in [-0.3, -0.25) is 0 Å². The summed E-state index contributed by atoms with van der Waals surface area (Å²) >= 11 is 0. The molecule has 188 valence electrons. The second-order valence-electron chi connectivity index (χ2n) is 11.1. The zero-order valence-electron chi connectivity index (χ0n) is 21.2. The highest BCUT2D eigenvalue weighted by molar-refractivity contribution is 5.94. The molecular weight excluding hydrogens is 448 g/mol. The van der Waals surface area contributed by atoms with Gasteiger partial charge in [-0.15, -0.1) is 0 Å². The summed E-state index contributed by atoms with van der Waals surface area (Å²) < 4.78 is 6.31. The summed E-state index contributed by atoms with van der Waals surface area (Å²) in [5.74, 6) is 1.12. The molecule has 2 aromatic carbocycles. The van der Waals surface area contributed by atoms with Crippen LogP contribution in [0.25, 0.3) is 10.8 Å². The maximum atomic E-state index is 6.31. The predicted molar refractivity (Wildman–Crippen MR) is 144 cm³/mol. The highest BCUT2D eigenvalue weighted by Gasteiger charge is 2.35. The van der Waals surface area contributed by atoms with Crippen LogP contribution in [0.5, 0.6) is 6.01 Å². The van der Waals surface area contributed by atoms with Crippen LogP contribution in [0.1, 0.15) is 36.9 Å². The summed E-state index contributed by atoms with van der Waals surface area (Å²) in [5, 5.41) is 6.35. The zero-order chi connectivity index (χ0) is 24.1. The van der Waals surface area contributed by atoms with Gasteiger partial charge in [0.2, 0.25) is 0 Å². The topological polar surface area (TPSA) is 56.8 Å². The molecule has 0 amide bonds. The van der Waals surface area contributed by atoms with Crippen LogP contribution in [0.2, 0.25) is 0 Å². The first-order chi connectivity index (χ1) is 17.7. The van der Waals surface area contributed by atoms with Crippen LogP contribution in [-0.2, 0) is 13.0 Å². The minimum absolute atomic E-state index is 0.454. The first-order valence-corrected chi connectivity index (χ1v) is 13.7. The number of ether oxygens (including phenoxy) is 1. The van der Waals surface area contributed by atoms with Gasteiger partial charge in [0.1, 0.15) is 12.4 Å². The highest BCUT2D eigenvalue weighted by Crippen LogP contribution is 2.35. The minimum atomic E-state index is 0.454. The van der Waals surface area contributed by atoms with Crippen LogP contribution in [-0.4, -0.2) is 72.8 Å². The normalized spacial score (nSPS) is 26.0. The average molecular weight is 485 g/mol. The lowest BCUT2D eigenvalue weighted by molar-refractivity contribution is 0.187. The van der Waals surface area contributed by atoms with Gasteiger partial charge in [-0.25, -0.2) is 0 Å². The number of anilines is 2. The molecule has 3 saturated heterocycles. The summed E-state index contributed by atoms with van der Waals surface area (Å²) in [5.41, 5.74) is 3.73. The second kappa shape index (κ2) is 9.20. The molecule has 3 fully saturated rings. The molecule has 0 radical (unpaired) electrons. The monoisotopic (exact) mass is 484 g/mol. The molecule has 0 unspecified atom stereocenters. The number of hydrogen-bond acceptors (Lipinski definition) is 7. The van der Waals surface area contributed by atoms with E-state index in [9.17, 15) is 0 Å². The molecule has 7 rings (SSSR count). The molecule has 2 bridgehead atoms. The first kappa shape index (κ1) is 22.3. The lowest BCUT2D eigenvalue weighted by Gasteiger charge is -2.37. The van der Waals surface area contributed by atoms with Crippen molar-refractivity contribution in [1.29, 1.82) is 0 Å². The maximum absolute atomic E-state index is 6.31. The van der Waals surface area contributed by atoms with Gasteiger partial charge >= 0.3 is 6.01 Å². The molecule has 4 aliphatic heterocycles. The Kier molecular flexibility index (Phi) is 5.70. The second-order valence-corrected chi connectivity index (χ2v) is 11.1. The van der Waals surface area contributed by atoms with Crippen molar-refractivity contribution in [3.63, 3.8) is 0 Å². The van der Waals surface area contributed by atoms with E-state index in [1.54, 1.807) is 0 Å². The van der Waals surface area contributed by atoms with E-state index in [2.05, 4.69) is 69.5 Å². The van der Waals surface area contributed by atoms with Crippen molar-refractivity contribution in [2.75, 3.05) is 49.6 Å². The van der Waals surface area contributed by atoms with Gasteiger partial charge in [0.05, 0.1) is 12.2 Å². The third kappa shape index (κ3) is 4.08. The number of fused-ring (bicyclic) bond motifs is 4. The van der Waals surface area contributed by atoms with Gasteiger partial charge < -0.3 is 24.8 Å². The first-order valence-electron chi connectivity index (χ1n) is 13.7. The number of nitrogens with one attached hydrogen (secondary N) is 1. The summed E-state index contributed by atoms with van der Waals surface area (Å²) in [4.78, 5) is 17.5. The molecule has 3 aromatic rings. The van der Waals surface area contributed by atoms with Crippen molar-refractivity contribution in [3.8, 4) is 6.01 Å². The molecule has 1 N–H and O–H groups in total. The Bertz CT molecular complexity index is 1250. The molecule has 0 spiro atoms. The van der Waals surface area contributed by atoms with E-state index < -0.39 is 0 Å². The lowest BCUT2D eigenvalue weighted by atomic mass is 10.0. The van der Waals surface area contributed by atoms with Crippen LogP contribution in [0.3, 0.4) is 0 Å². The van der Waals surface area contributed by atoms with Gasteiger partial charge in [-0.05, 0) is 57.1 Å². The molecule has 36 heavy (non-hydrogen) atoms. The summed E-state index contributed by atoms with van der Waals surface area (Å²) in [6.45, 7) is 5.62. The Balaban J connectivity index is 1.22. The molecule has 7 nitrogen and oxygen atoms in total. The van der Waals surface area contributed by atoms with Crippen LogP contribution in [0, 0.1) is 0 Å². The molecular formula is C29H36N6O. The number of rotatable bonds is 5. The Labute approximate surface area is 213 Å². The average Bonchev–Trinajstić information content (AvgIpc) is 3.49. The summed E-state index contributed by atoms with van der Waals surface area (Å²) in [6, 6.07) is 17.4. The number of benzene rings is 2. The smallest absolute Gasteiger partial charge is 0.318 e. The summed E-state index contributed by atoms with van der Waals surface area (Å²) in [6.07, 6.45) is 5.91. The van der Waals surface area contributed by atoms with Crippen LogP contribution in [0.4, 0.5) is 11.5 Å². The van der Waals surface area contributed by atoms with Crippen molar-refractivity contribution in [2.45, 2.75) is 56.8 Å². The molecule has 3 atom stereocenters. The van der Waals surface area contributed by atoms with Gasteiger partial charge in [0.15, 0.2) is 0 Å². The highest BCUT2D eigenvalue weighted by atomic mass is 16.5. The number of likely N-dealkylation sites (tertiary alicyclic amines) is 1. The third-order valence-corrected chi connectivity index (χ3v) is 8.72. The Morgan fingerprint density at radius 2 is 1.78 bits per heavy atom. The van der Waals surface area contributed by atoms with Gasteiger partial charge in [0.25, 0.3) is 0 Å². The molecule has 4 aliphatic rings. The van der Waals surface area contributed by atoms with Crippen molar-refractivity contribution in [2.24, 2.45) is 0 Å². The number of nitrogens with zero attached hydrogens (tertiary/aromatic N) is 5. The van der Waals surface area contributed by atoms with E-state index in [-0.39, 0.29) is 0 Å². The van der Waals surface area contributed by atoms with Gasteiger partial charge in [-0.2, -0.15) is 9.97 Å². The predicted octanol–water partition coefficient (Wildman–Crippen LogP) is 3.61. The lowest BCUT2D eigenvalue weighted by Crippen LogP contribution is -2.52. The molecule has 1 aromatic heterocycles. The Morgan fingerprint density at radius 1 is 0.944 bits per heavy atom. The van der Waals surface area contributed by atoms with Crippen molar-refractivity contribution < 1.29 is 4.74 Å². The number of likely N-dealkylation sites (N-methyl/N-ethyl adjacent to an activating group) is 1. The standard InChI is InChI=1S/C29H36N6O/c1-33-14-5-8-23(33)19-36-29-31-26-18-34(27-10-4-7-20-6-2-3-9-24(20)27)15-13-25(26)28(32-29)35-16-21-11-12-22(17-35)30-21/h2-4,6-7,9-10,21-23,30H,5,8,11-19H2,1H3/t21-,22+,23-/m0/s1. The summed E-state index contributed by atoms with van der Waals surface area (Å²) in [7, 11) is 2.19. The van der Waals surface area contributed by atoms with E-state index in [0.29, 0.717) is 30.7 Å². The quantitative estimate of drug-likeness (QED) is 0.594. The number of piperazine rings is 1. The van der Waals surface area contributed by atoms with E-state index in [1.165, 1.54) is 47.7 Å². The van der Waals surface area contributed by atoms with Gasteiger partial charge in [-0.1, -0.05) is 36.4 Å². The molecule has 0 saturated carbocycles. The van der Waals surface area contributed by atoms with Gasteiger partial charge in [0, 0.05) is 54.4 Å². The fraction of sp³-hybridized carbons (Fsp3) is 0.517. The third-order valence-electron chi connectivity index (χ3n) is 8.72. The maximum Gasteiger partial charge on any atom is 0.318 e. The fourth-order valence-corrected chi connectivity index (χ4v) is 6.73. The number of hydrogen-bond donors (Lipinski definition) is 1. The van der Waals surface area contributed by atoms with E-state index in [4.69, 9.17) is 14.7 Å². The van der Waals surface area contributed by atoms with Crippen molar-refractivity contribution >= 4 is 22.3 Å². The largest absolute Gasteiger partial charge is 0.462 e. The molecule has 7 heteroatoms.